The average Bonchev–Trinajstić information content (AvgIpc) is 3.14. The number of carbonyl (C=O) groups excluding carboxylic acids is 1. The van der Waals surface area contributed by atoms with E-state index in [1.54, 1.807) is 31.2 Å². The third-order valence-electron chi connectivity index (χ3n) is 3.39. The molecular formula is C16H12ClFN6O. The molecule has 1 heterocycles. The monoisotopic (exact) mass is 358 g/mol. The lowest BCUT2D eigenvalue weighted by molar-refractivity contribution is 0.0955. The fraction of sp³-hybridized carbons (Fsp3) is 0.0625. The molecule has 1 aromatic heterocycles. The van der Waals surface area contributed by atoms with Crippen molar-refractivity contribution >= 4 is 23.2 Å². The number of carbonyl (C=O) groups is 1. The Hall–Kier alpha value is -3.13. The Labute approximate surface area is 147 Å². The quantitative estimate of drug-likeness (QED) is 0.574. The highest BCUT2D eigenvalue weighted by Crippen LogP contribution is 2.18. The van der Waals surface area contributed by atoms with E-state index >= 15 is 0 Å². The number of halogens is 2. The van der Waals surface area contributed by atoms with Crippen molar-refractivity contribution in [3.8, 4) is 5.69 Å². The van der Waals surface area contributed by atoms with Gasteiger partial charge in [0.05, 0.1) is 16.4 Å². The summed E-state index contributed by atoms with van der Waals surface area (Å²) in [4.78, 5) is 12.2. The molecular weight excluding hydrogens is 347 g/mol. The fourth-order valence-electron chi connectivity index (χ4n) is 2.09. The van der Waals surface area contributed by atoms with Gasteiger partial charge in [0.1, 0.15) is 12.1 Å². The molecule has 1 amide bonds. The predicted molar refractivity (Wildman–Crippen MR) is 90.2 cm³/mol. The summed E-state index contributed by atoms with van der Waals surface area (Å²) in [5, 5.41) is 15.1. The minimum atomic E-state index is -0.437. The second kappa shape index (κ2) is 7.18. The molecule has 1 N–H and O–H groups in total. The van der Waals surface area contributed by atoms with Gasteiger partial charge in [-0.3, -0.25) is 4.79 Å². The van der Waals surface area contributed by atoms with E-state index in [1.165, 1.54) is 29.2 Å². The lowest BCUT2D eigenvalue weighted by Gasteiger charge is -2.06. The number of hydrogen-bond acceptors (Lipinski definition) is 5. The number of amides is 1. The summed E-state index contributed by atoms with van der Waals surface area (Å²) >= 11 is 5.97. The van der Waals surface area contributed by atoms with Crippen LogP contribution in [0, 0.1) is 5.82 Å². The molecule has 0 saturated heterocycles. The van der Waals surface area contributed by atoms with Crippen molar-refractivity contribution in [3.05, 3.63) is 70.8 Å². The predicted octanol–water partition coefficient (Wildman–Crippen LogP) is 2.61. The van der Waals surface area contributed by atoms with Crippen molar-refractivity contribution in [2.75, 3.05) is 0 Å². The van der Waals surface area contributed by atoms with Gasteiger partial charge in [-0.1, -0.05) is 11.6 Å². The van der Waals surface area contributed by atoms with Gasteiger partial charge in [-0.15, -0.1) is 5.10 Å². The summed E-state index contributed by atoms with van der Waals surface area (Å²) in [5.74, 6) is -0.825. The second-order valence-corrected chi connectivity index (χ2v) is 5.47. The van der Waals surface area contributed by atoms with Gasteiger partial charge in [-0.25, -0.2) is 14.5 Å². The molecule has 0 aliphatic carbocycles. The van der Waals surface area contributed by atoms with E-state index in [1.807, 2.05) is 0 Å². The van der Waals surface area contributed by atoms with E-state index in [0.717, 1.165) is 5.69 Å². The van der Waals surface area contributed by atoms with E-state index in [4.69, 9.17) is 11.6 Å². The second-order valence-electron chi connectivity index (χ2n) is 5.06. The molecule has 3 aromatic rings. The molecule has 126 valence electrons. The number of hydrazone groups is 1. The zero-order valence-electron chi connectivity index (χ0n) is 13.0. The number of nitrogens with zero attached hydrogens (tertiary/aromatic N) is 5. The van der Waals surface area contributed by atoms with Crippen LogP contribution in [0.5, 0.6) is 0 Å². The van der Waals surface area contributed by atoms with Gasteiger partial charge >= 0.3 is 0 Å². The molecule has 0 spiro atoms. The van der Waals surface area contributed by atoms with Crippen LogP contribution in [0.3, 0.4) is 0 Å². The molecule has 25 heavy (non-hydrogen) atoms. The van der Waals surface area contributed by atoms with Crippen LogP contribution in [-0.4, -0.2) is 31.8 Å². The van der Waals surface area contributed by atoms with Crippen LogP contribution < -0.4 is 5.43 Å². The largest absolute Gasteiger partial charge is 0.271 e. The maximum absolute atomic E-state index is 13.1. The molecule has 0 atom stereocenters. The van der Waals surface area contributed by atoms with Gasteiger partial charge in [0, 0.05) is 11.1 Å². The number of rotatable bonds is 4. The third kappa shape index (κ3) is 3.86. The van der Waals surface area contributed by atoms with E-state index < -0.39 is 5.82 Å². The number of nitrogens with one attached hydrogen (secondary N) is 1. The smallest absolute Gasteiger partial charge is 0.267 e. The summed E-state index contributed by atoms with van der Waals surface area (Å²) in [6.07, 6.45) is 1.45. The molecule has 0 bridgehead atoms. The average molecular weight is 359 g/mol. The number of benzene rings is 2. The van der Waals surface area contributed by atoms with Gasteiger partial charge in [-0.2, -0.15) is 5.10 Å². The summed E-state index contributed by atoms with van der Waals surface area (Å²) < 4.78 is 14.5. The summed E-state index contributed by atoms with van der Waals surface area (Å²) in [6, 6.07) is 10.6. The standard InChI is InChI=1S/C16H12ClFN6O/c1-10(14-7-4-12(18)8-15(14)17)20-21-16(25)11-2-5-13(6-3-11)24-9-19-22-23-24/h2-9H,1H3,(H,21,25)/b20-10-. The Balaban J connectivity index is 1.71. The summed E-state index contributed by atoms with van der Waals surface area (Å²) in [5.41, 5.74) is 4.58. The van der Waals surface area contributed by atoms with E-state index in [-0.39, 0.29) is 10.9 Å². The van der Waals surface area contributed by atoms with Crippen LogP contribution in [0.15, 0.2) is 53.9 Å². The molecule has 0 fully saturated rings. The first kappa shape index (κ1) is 16.7. The van der Waals surface area contributed by atoms with Crippen LogP contribution in [0.4, 0.5) is 4.39 Å². The summed E-state index contributed by atoms with van der Waals surface area (Å²) in [6.45, 7) is 1.67. The van der Waals surface area contributed by atoms with Crippen molar-refractivity contribution in [3.63, 3.8) is 0 Å². The fourth-order valence-corrected chi connectivity index (χ4v) is 2.39. The van der Waals surface area contributed by atoms with Gasteiger partial charge < -0.3 is 0 Å². The Morgan fingerprint density at radius 3 is 2.64 bits per heavy atom. The van der Waals surface area contributed by atoms with Crippen LogP contribution in [0.2, 0.25) is 5.02 Å². The van der Waals surface area contributed by atoms with Crippen LogP contribution in [0.1, 0.15) is 22.8 Å². The number of hydrogen-bond donors (Lipinski definition) is 1. The molecule has 0 radical (unpaired) electrons. The van der Waals surface area contributed by atoms with E-state index in [2.05, 4.69) is 26.1 Å². The molecule has 3 rings (SSSR count). The normalized spacial score (nSPS) is 11.4. The topological polar surface area (TPSA) is 85.1 Å². The lowest BCUT2D eigenvalue weighted by Crippen LogP contribution is -2.19. The third-order valence-corrected chi connectivity index (χ3v) is 3.70. The first-order valence-electron chi connectivity index (χ1n) is 7.18. The molecule has 0 unspecified atom stereocenters. The zero-order chi connectivity index (χ0) is 17.8. The van der Waals surface area contributed by atoms with Crippen molar-refractivity contribution in [2.24, 2.45) is 5.10 Å². The van der Waals surface area contributed by atoms with Crippen LogP contribution in [0.25, 0.3) is 5.69 Å². The Morgan fingerprint density at radius 1 is 1.24 bits per heavy atom. The lowest BCUT2D eigenvalue weighted by atomic mass is 10.1. The van der Waals surface area contributed by atoms with Gasteiger partial charge in [-0.05, 0) is 59.8 Å². The first-order chi connectivity index (χ1) is 12.0. The highest BCUT2D eigenvalue weighted by Gasteiger charge is 2.08. The number of aromatic nitrogens is 4. The van der Waals surface area contributed by atoms with Gasteiger partial charge in [0.2, 0.25) is 0 Å². The minimum Gasteiger partial charge on any atom is -0.267 e. The molecule has 2 aromatic carbocycles. The SMILES string of the molecule is C/C(=N/NC(=O)c1ccc(-n2cnnn2)cc1)c1ccc(F)cc1Cl. The maximum Gasteiger partial charge on any atom is 0.271 e. The van der Waals surface area contributed by atoms with Crippen molar-refractivity contribution in [2.45, 2.75) is 6.92 Å². The van der Waals surface area contributed by atoms with Gasteiger partial charge in [0.25, 0.3) is 5.91 Å². The van der Waals surface area contributed by atoms with Crippen LogP contribution in [-0.2, 0) is 0 Å². The molecule has 0 aliphatic rings. The maximum atomic E-state index is 13.1. The molecule has 0 saturated carbocycles. The van der Waals surface area contributed by atoms with Crippen LogP contribution >= 0.6 is 11.6 Å². The minimum absolute atomic E-state index is 0.223. The summed E-state index contributed by atoms with van der Waals surface area (Å²) in [7, 11) is 0. The number of tetrazole rings is 1. The molecule has 0 aliphatic heterocycles. The van der Waals surface area contributed by atoms with Crippen molar-refractivity contribution in [1.82, 2.24) is 25.6 Å². The van der Waals surface area contributed by atoms with E-state index in [0.29, 0.717) is 16.8 Å². The highest BCUT2D eigenvalue weighted by molar-refractivity contribution is 6.34. The highest BCUT2D eigenvalue weighted by atomic mass is 35.5. The molecule has 9 heteroatoms. The first-order valence-corrected chi connectivity index (χ1v) is 7.56. The Morgan fingerprint density at radius 2 is 2.00 bits per heavy atom. The van der Waals surface area contributed by atoms with Crippen molar-refractivity contribution < 1.29 is 9.18 Å². The zero-order valence-corrected chi connectivity index (χ0v) is 13.8. The van der Waals surface area contributed by atoms with Gasteiger partial charge in [0.15, 0.2) is 0 Å². The van der Waals surface area contributed by atoms with Crippen molar-refractivity contribution in [1.29, 1.82) is 0 Å². The Kier molecular flexibility index (Phi) is 4.80. The molecule has 7 nitrogen and oxygen atoms in total. The Bertz CT molecular complexity index is 924. The van der Waals surface area contributed by atoms with E-state index in [9.17, 15) is 9.18 Å².